The first-order valence-electron chi connectivity index (χ1n) is 8.51. The molecule has 2 aromatic carbocycles. The first-order valence-corrected chi connectivity index (χ1v) is 9.33. The Balaban J connectivity index is 1.76. The molecule has 0 radical (unpaired) electrons. The summed E-state index contributed by atoms with van der Waals surface area (Å²) in [4.78, 5) is 14.1. The van der Waals surface area contributed by atoms with Crippen molar-refractivity contribution in [3.05, 3.63) is 64.3 Å². The van der Waals surface area contributed by atoms with Gasteiger partial charge in [0.15, 0.2) is 11.5 Å². The number of halogens is 1. The zero-order valence-corrected chi connectivity index (χ0v) is 16.5. The SMILES string of the molecule is COc1cc(CNC(=O)c2cc(C)c(-c3ccc(F)cc3)s2)cc(OC)c1O. The second kappa shape index (κ2) is 8.31. The molecule has 0 unspecified atom stereocenters. The highest BCUT2D eigenvalue weighted by molar-refractivity contribution is 7.17. The number of carbonyl (C=O) groups is 1. The summed E-state index contributed by atoms with van der Waals surface area (Å²) in [5.41, 5.74) is 2.55. The van der Waals surface area contributed by atoms with E-state index in [4.69, 9.17) is 9.47 Å². The normalized spacial score (nSPS) is 10.6. The first kappa shape index (κ1) is 19.7. The zero-order valence-electron chi connectivity index (χ0n) is 15.7. The topological polar surface area (TPSA) is 67.8 Å². The van der Waals surface area contributed by atoms with Crippen LogP contribution >= 0.6 is 11.3 Å². The molecule has 5 nitrogen and oxygen atoms in total. The predicted molar refractivity (Wildman–Crippen MR) is 107 cm³/mol. The summed E-state index contributed by atoms with van der Waals surface area (Å²) in [6, 6.07) is 11.3. The lowest BCUT2D eigenvalue weighted by Crippen LogP contribution is -2.21. The van der Waals surface area contributed by atoms with Crippen LogP contribution in [0, 0.1) is 12.7 Å². The lowest BCUT2D eigenvalue weighted by Gasteiger charge is -2.11. The number of nitrogens with one attached hydrogen (secondary N) is 1. The molecule has 28 heavy (non-hydrogen) atoms. The van der Waals surface area contributed by atoms with Crippen LogP contribution < -0.4 is 14.8 Å². The monoisotopic (exact) mass is 401 g/mol. The Morgan fingerprint density at radius 3 is 2.29 bits per heavy atom. The van der Waals surface area contributed by atoms with Crippen LogP contribution in [0.1, 0.15) is 20.8 Å². The van der Waals surface area contributed by atoms with Crippen molar-refractivity contribution >= 4 is 17.2 Å². The van der Waals surface area contributed by atoms with Gasteiger partial charge in [0.05, 0.1) is 19.1 Å². The summed E-state index contributed by atoms with van der Waals surface area (Å²) in [5.74, 6) is -0.0515. The number of ether oxygens (including phenoxy) is 2. The number of phenols is 1. The Morgan fingerprint density at radius 2 is 1.71 bits per heavy atom. The van der Waals surface area contributed by atoms with Gasteiger partial charge >= 0.3 is 0 Å². The fraction of sp³-hybridized carbons (Fsp3) is 0.190. The molecule has 3 aromatic rings. The number of hydrogen-bond donors (Lipinski definition) is 2. The number of methoxy groups -OCH3 is 2. The van der Waals surface area contributed by atoms with E-state index in [9.17, 15) is 14.3 Å². The number of aromatic hydroxyl groups is 1. The van der Waals surface area contributed by atoms with E-state index in [1.54, 1.807) is 24.3 Å². The van der Waals surface area contributed by atoms with E-state index in [1.807, 2.05) is 13.0 Å². The van der Waals surface area contributed by atoms with Crippen LogP contribution in [0.3, 0.4) is 0 Å². The third kappa shape index (κ3) is 4.09. The highest BCUT2D eigenvalue weighted by Gasteiger charge is 2.15. The van der Waals surface area contributed by atoms with Crippen molar-refractivity contribution in [2.75, 3.05) is 14.2 Å². The Hall–Kier alpha value is -3.06. The van der Waals surface area contributed by atoms with Gasteiger partial charge in [-0.05, 0) is 53.9 Å². The molecule has 0 saturated carbocycles. The smallest absolute Gasteiger partial charge is 0.261 e. The average molecular weight is 401 g/mol. The molecule has 0 fully saturated rings. The standard InChI is InChI=1S/C21H20FNO4S/c1-12-8-18(28-20(12)14-4-6-15(22)7-5-14)21(25)23-11-13-9-16(26-2)19(24)17(10-13)27-3/h4-10,24H,11H2,1-3H3,(H,23,25). The van der Waals surface area contributed by atoms with E-state index >= 15 is 0 Å². The van der Waals surface area contributed by atoms with Crippen molar-refractivity contribution < 1.29 is 23.8 Å². The average Bonchev–Trinajstić information content (AvgIpc) is 3.09. The van der Waals surface area contributed by atoms with Crippen LogP contribution in [-0.2, 0) is 6.54 Å². The second-order valence-corrected chi connectivity index (χ2v) is 7.21. The van der Waals surface area contributed by atoms with Gasteiger partial charge in [0, 0.05) is 11.4 Å². The van der Waals surface area contributed by atoms with Crippen molar-refractivity contribution in [1.82, 2.24) is 5.32 Å². The molecular weight excluding hydrogens is 381 g/mol. The summed E-state index contributed by atoms with van der Waals surface area (Å²) in [6.45, 7) is 2.16. The van der Waals surface area contributed by atoms with Gasteiger partial charge in [-0.3, -0.25) is 4.79 Å². The Kier molecular flexibility index (Phi) is 5.84. The zero-order chi connectivity index (χ0) is 20.3. The van der Waals surface area contributed by atoms with Crippen LogP contribution in [0.4, 0.5) is 4.39 Å². The van der Waals surface area contributed by atoms with Crippen LogP contribution in [0.25, 0.3) is 10.4 Å². The van der Waals surface area contributed by atoms with Crippen molar-refractivity contribution in [3.63, 3.8) is 0 Å². The number of amides is 1. The lowest BCUT2D eigenvalue weighted by molar-refractivity contribution is 0.0955. The molecule has 7 heteroatoms. The van der Waals surface area contributed by atoms with E-state index in [0.717, 1.165) is 21.6 Å². The van der Waals surface area contributed by atoms with Gasteiger partial charge in [-0.25, -0.2) is 4.39 Å². The molecule has 0 bridgehead atoms. The molecule has 3 rings (SSSR count). The number of hydrogen-bond acceptors (Lipinski definition) is 5. The number of rotatable bonds is 6. The molecule has 0 aliphatic rings. The number of phenolic OH excluding ortho intramolecular Hbond substituents is 1. The van der Waals surface area contributed by atoms with Crippen LogP contribution in [0.2, 0.25) is 0 Å². The Labute approximate surface area is 166 Å². The fourth-order valence-corrected chi connectivity index (χ4v) is 3.90. The second-order valence-electron chi connectivity index (χ2n) is 6.16. The third-order valence-corrected chi connectivity index (χ3v) is 5.53. The molecule has 1 amide bonds. The van der Waals surface area contributed by atoms with Crippen molar-refractivity contribution in [3.8, 4) is 27.7 Å². The summed E-state index contributed by atoms with van der Waals surface area (Å²) in [6.07, 6.45) is 0. The van der Waals surface area contributed by atoms with E-state index in [0.29, 0.717) is 4.88 Å². The molecule has 0 aliphatic carbocycles. The number of aryl methyl sites for hydroxylation is 1. The molecule has 0 saturated heterocycles. The van der Waals surface area contributed by atoms with Crippen LogP contribution in [-0.4, -0.2) is 25.2 Å². The predicted octanol–water partition coefficient (Wildman–Crippen LogP) is 4.52. The summed E-state index contributed by atoms with van der Waals surface area (Å²) in [7, 11) is 2.89. The van der Waals surface area contributed by atoms with Gasteiger partial charge in [0.2, 0.25) is 5.75 Å². The van der Waals surface area contributed by atoms with Gasteiger partial charge in [-0.1, -0.05) is 12.1 Å². The minimum atomic E-state index is -0.296. The number of thiophene rings is 1. The van der Waals surface area contributed by atoms with Gasteiger partial charge in [0.1, 0.15) is 5.82 Å². The quantitative estimate of drug-likeness (QED) is 0.638. The highest BCUT2D eigenvalue weighted by atomic mass is 32.1. The summed E-state index contributed by atoms with van der Waals surface area (Å²) < 4.78 is 23.4. The minimum Gasteiger partial charge on any atom is -0.502 e. The number of benzene rings is 2. The van der Waals surface area contributed by atoms with Crippen molar-refractivity contribution in [2.45, 2.75) is 13.5 Å². The first-order chi connectivity index (χ1) is 13.4. The van der Waals surface area contributed by atoms with Crippen LogP contribution in [0.15, 0.2) is 42.5 Å². The summed E-state index contributed by atoms with van der Waals surface area (Å²) >= 11 is 1.36. The van der Waals surface area contributed by atoms with Gasteiger partial charge in [-0.15, -0.1) is 11.3 Å². The van der Waals surface area contributed by atoms with E-state index in [1.165, 1.54) is 37.7 Å². The highest BCUT2D eigenvalue weighted by Crippen LogP contribution is 2.37. The minimum absolute atomic E-state index is 0.0853. The third-order valence-electron chi connectivity index (χ3n) is 4.24. The summed E-state index contributed by atoms with van der Waals surface area (Å²) in [5, 5.41) is 12.8. The largest absolute Gasteiger partial charge is 0.502 e. The Bertz CT molecular complexity index is 973. The molecule has 0 aliphatic heterocycles. The van der Waals surface area contributed by atoms with E-state index in [2.05, 4.69) is 5.32 Å². The lowest BCUT2D eigenvalue weighted by atomic mass is 10.1. The van der Waals surface area contributed by atoms with Gasteiger partial charge in [0.25, 0.3) is 5.91 Å². The van der Waals surface area contributed by atoms with Crippen molar-refractivity contribution in [2.24, 2.45) is 0 Å². The molecule has 146 valence electrons. The molecule has 0 spiro atoms. The van der Waals surface area contributed by atoms with Gasteiger partial charge < -0.3 is 19.9 Å². The maximum atomic E-state index is 13.1. The fourth-order valence-electron chi connectivity index (χ4n) is 2.80. The molecule has 1 aromatic heterocycles. The van der Waals surface area contributed by atoms with E-state index < -0.39 is 0 Å². The molecular formula is C21H20FNO4S. The number of carbonyl (C=O) groups excluding carboxylic acids is 1. The maximum Gasteiger partial charge on any atom is 0.261 e. The van der Waals surface area contributed by atoms with Crippen LogP contribution in [0.5, 0.6) is 17.2 Å². The van der Waals surface area contributed by atoms with E-state index in [-0.39, 0.29) is 35.5 Å². The Morgan fingerprint density at radius 1 is 1.11 bits per heavy atom. The molecule has 1 heterocycles. The molecule has 2 N–H and O–H groups in total. The molecule has 0 atom stereocenters. The van der Waals surface area contributed by atoms with Crippen molar-refractivity contribution in [1.29, 1.82) is 0 Å². The van der Waals surface area contributed by atoms with Gasteiger partial charge in [-0.2, -0.15) is 0 Å². The maximum absolute atomic E-state index is 13.1.